The Hall–Kier alpha value is -2.13. The summed E-state index contributed by atoms with van der Waals surface area (Å²) in [6, 6.07) is 6.23. The third-order valence-corrected chi connectivity index (χ3v) is 6.83. The molecule has 136 valence electrons. The van der Waals surface area contributed by atoms with Crippen molar-refractivity contribution in [3.63, 3.8) is 0 Å². The summed E-state index contributed by atoms with van der Waals surface area (Å²) >= 11 is 1.09. The van der Waals surface area contributed by atoms with Crippen molar-refractivity contribution in [2.75, 3.05) is 13.1 Å². The van der Waals surface area contributed by atoms with Crippen LogP contribution in [0.1, 0.15) is 24.9 Å². The minimum Gasteiger partial charge on any atom is -0.468 e. The molecule has 1 atom stereocenters. The lowest BCUT2D eigenvalue weighted by Gasteiger charge is -2.15. The number of carbonyl (C=O) groups excluding carboxylic acids is 2. The van der Waals surface area contributed by atoms with Crippen LogP contribution in [-0.2, 0) is 19.4 Å². The minimum atomic E-state index is -3.75. The molecule has 2 heterocycles. The van der Waals surface area contributed by atoms with Crippen LogP contribution < -0.4 is 10.6 Å². The van der Waals surface area contributed by atoms with Crippen LogP contribution in [0.3, 0.4) is 0 Å². The van der Waals surface area contributed by atoms with Crippen molar-refractivity contribution in [3.8, 4) is 0 Å². The van der Waals surface area contributed by atoms with E-state index in [1.54, 1.807) is 17.5 Å². The van der Waals surface area contributed by atoms with Crippen LogP contribution in [0.2, 0.25) is 0 Å². The molecule has 0 saturated carbocycles. The molecule has 0 aromatic carbocycles. The number of hydrogen-bond acceptors (Lipinski definition) is 6. The highest BCUT2D eigenvalue weighted by Crippen LogP contribution is 2.31. The highest BCUT2D eigenvalue weighted by Gasteiger charge is 2.33. The Balaban J connectivity index is 2.11. The van der Waals surface area contributed by atoms with Crippen molar-refractivity contribution in [1.82, 2.24) is 10.6 Å². The van der Waals surface area contributed by atoms with Crippen LogP contribution in [0, 0.1) is 5.92 Å². The molecule has 0 bridgehead atoms. The van der Waals surface area contributed by atoms with E-state index >= 15 is 0 Å². The molecule has 0 fully saturated rings. The Labute approximate surface area is 150 Å². The maximum absolute atomic E-state index is 12.8. The Morgan fingerprint density at radius 2 is 1.80 bits per heavy atom. The standard InChI is InChI=1S/C16H20N2O5S2/c1-11(2)9-17-15(19)16(20)18-10-13(12-5-3-7-23-12)25(21,22)14-6-4-8-24-14/h3-8,11,13H,9-10H2,1-2H3,(H,17,19)(H,18,20). The second kappa shape index (κ2) is 8.30. The highest BCUT2D eigenvalue weighted by atomic mass is 32.2. The van der Waals surface area contributed by atoms with Gasteiger partial charge in [0.25, 0.3) is 0 Å². The SMILES string of the molecule is CC(C)CNC(=O)C(=O)NCC(c1ccco1)S(=O)(=O)c1cccs1. The van der Waals surface area contributed by atoms with Crippen molar-refractivity contribution in [2.45, 2.75) is 23.3 Å². The van der Waals surface area contributed by atoms with Crippen molar-refractivity contribution in [3.05, 3.63) is 41.7 Å². The second-order valence-corrected chi connectivity index (χ2v) is 9.10. The minimum absolute atomic E-state index is 0.174. The summed E-state index contributed by atoms with van der Waals surface area (Å²) in [5.41, 5.74) is 0. The van der Waals surface area contributed by atoms with Gasteiger partial charge in [-0.2, -0.15) is 0 Å². The molecule has 0 aliphatic carbocycles. The van der Waals surface area contributed by atoms with E-state index < -0.39 is 26.9 Å². The first-order valence-electron chi connectivity index (χ1n) is 7.69. The van der Waals surface area contributed by atoms with Gasteiger partial charge in [-0.15, -0.1) is 11.3 Å². The lowest BCUT2D eigenvalue weighted by atomic mass is 10.2. The molecule has 0 spiro atoms. The number of hydrogen-bond donors (Lipinski definition) is 2. The maximum Gasteiger partial charge on any atom is 0.309 e. The number of rotatable bonds is 7. The summed E-state index contributed by atoms with van der Waals surface area (Å²) in [6.45, 7) is 3.90. The van der Waals surface area contributed by atoms with E-state index in [0.717, 1.165) is 11.3 Å². The molecule has 0 saturated heterocycles. The fourth-order valence-corrected chi connectivity index (χ4v) is 4.84. The molecular formula is C16H20N2O5S2. The van der Waals surface area contributed by atoms with Gasteiger partial charge in [-0.3, -0.25) is 9.59 Å². The number of amides is 2. The predicted molar refractivity (Wildman–Crippen MR) is 93.8 cm³/mol. The molecule has 2 N–H and O–H groups in total. The van der Waals surface area contributed by atoms with E-state index in [-0.39, 0.29) is 22.4 Å². The quantitative estimate of drug-likeness (QED) is 0.708. The molecule has 0 radical (unpaired) electrons. The van der Waals surface area contributed by atoms with Gasteiger partial charge >= 0.3 is 11.8 Å². The summed E-state index contributed by atoms with van der Waals surface area (Å²) in [5.74, 6) is -1.26. The van der Waals surface area contributed by atoms with E-state index in [0.29, 0.717) is 6.54 Å². The molecule has 2 rings (SSSR count). The van der Waals surface area contributed by atoms with Gasteiger partial charge in [-0.25, -0.2) is 8.42 Å². The van der Waals surface area contributed by atoms with Gasteiger partial charge in [0.1, 0.15) is 15.2 Å². The molecule has 2 aromatic heterocycles. The summed E-state index contributed by atoms with van der Waals surface area (Å²) in [4.78, 5) is 23.6. The first kappa shape index (κ1) is 19.2. The number of furan rings is 1. The zero-order valence-corrected chi connectivity index (χ0v) is 15.5. The van der Waals surface area contributed by atoms with Crippen LogP contribution in [0.25, 0.3) is 0 Å². The molecule has 1 unspecified atom stereocenters. The van der Waals surface area contributed by atoms with Crippen molar-refractivity contribution in [2.24, 2.45) is 5.92 Å². The van der Waals surface area contributed by atoms with E-state index in [1.165, 1.54) is 18.4 Å². The molecule has 2 amide bonds. The maximum atomic E-state index is 12.8. The highest BCUT2D eigenvalue weighted by molar-refractivity contribution is 7.93. The number of nitrogens with one attached hydrogen (secondary N) is 2. The Bertz CT molecular complexity index is 796. The summed E-state index contributed by atoms with van der Waals surface area (Å²) in [5, 5.41) is 5.41. The zero-order chi connectivity index (χ0) is 18.4. The van der Waals surface area contributed by atoms with E-state index in [1.807, 2.05) is 13.8 Å². The van der Waals surface area contributed by atoms with Crippen LogP contribution in [-0.4, -0.2) is 33.3 Å². The molecule has 0 aliphatic rings. The predicted octanol–water partition coefficient (Wildman–Crippen LogP) is 1.74. The normalized spacial score (nSPS) is 12.8. The van der Waals surface area contributed by atoms with Crippen LogP contribution in [0.5, 0.6) is 0 Å². The van der Waals surface area contributed by atoms with Gasteiger partial charge in [0.05, 0.1) is 6.26 Å². The van der Waals surface area contributed by atoms with Crippen LogP contribution in [0.15, 0.2) is 44.5 Å². The molecule has 2 aromatic rings. The largest absolute Gasteiger partial charge is 0.468 e. The lowest BCUT2D eigenvalue weighted by Crippen LogP contribution is -2.43. The van der Waals surface area contributed by atoms with Gasteiger partial charge in [-0.1, -0.05) is 19.9 Å². The van der Waals surface area contributed by atoms with Gasteiger partial charge < -0.3 is 15.1 Å². The fourth-order valence-electron chi connectivity index (χ4n) is 2.05. The lowest BCUT2D eigenvalue weighted by molar-refractivity contribution is -0.139. The number of carbonyl (C=O) groups is 2. The number of thiophene rings is 1. The first-order chi connectivity index (χ1) is 11.8. The Kier molecular flexibility index (Phi) is 6.38. The van der Waals surface area contributed by atoms with Crippen molar-refractivity contribution in [1.29, 1.82) is 0 Å². The molecule has 25 heavy (non-hydrogen) atoms. The summed E-state index contributed by atoms with van der Waals surface area (Å²) in [6.07, 6.45) is 1.36. The molecular weight excluding hydrogens is 364 g/mol. The molecule has 9 heteroatoms. The van der Waals surface area contributed by atoms with Gasteiger partial charge in [-0.05, 0) is 29.5 Å². The van der Waals surface area contributed by atoms with E-state index in [9.17, 15) is 18.0 Å². The van der Waals surface area contributed by atoms with Gasteiger partial charge in [0, 0.05) is 13.1 Å². The monoisotopic (exact) mass is 384 g/mol. The molecule has 0 aliphatic heterocycles. The summed E-state index contributed by atoms with van der Waals surface area (Å²) in [7, 11) is -3.75. The Morgan fingerprint density at radius 1 is 1.12 bits per heavy atom. The van der Waals surface area contributed by atoms with Crippen LogP contribution >= 0.6 is 11.3 Å². The van der Waals surface area contributed by atoms with Crippen molar-refractivity contribution >= 4 is 33.0 Å². The topological polar surface area (TPSA) is 105 Å². The third-order valence-electron chi connectivity index (χ3n) is 3.34. The van der Waals surface area contributed by atoms with Crippen LogP contribution in [0.4, 0.5) is 0 Å². The van der Waals surface area contributed by atoms with Gasteiger partial charge in [0.2, 0.25) is 0 Å². The van der Waals surface area contributed by atoms with Crippen molar-refractivity contribution < 1.29 is 22.4 Å². The fraction of sp³-hybridized carbons (Fsp3) is 0.375. The Morgan fingerprint density at radius 3 is 2.32 bits per heavy atom. The first-order valence-corrected chi connectivity index (χ1v) is 10.1. The average Bonchev–Trinajstić information content (AvgIpc) is 3.25. The van der Waals surface area contributed by atoms with Gasteiger partial charge in [0.15, 0.2) is 9.84 Å². The number of sulfone groups is 1. The molecule has 7 nitrogen and oxygen atoms in total. The summed E-state index contributed by atoms with van der Waals surface area (Å²) < 4.78 is 31.0. The smallest absolute Gasteiger partial charge is 0.309 e. The average molecular weight is 384 g/mol. The third kappa shape index (κ3) is 4.93. The zero-order valence-electron chi connectivity index (χ0n) is 13.9. The van der Waals surface area contributed by atoms with E-state index in [2.05, 4.69) is 10.6 Å². The van der Waals surface area contributed by atoms with E-state index in [4.69, 9.17) is 4.42 Å². The second-order valence-electron chi connectivity index (χ2n) is 5.80.